The average Bonchev–Trinajstić information content (AvgIpc) is 2.94. The zero-order chi connectivity index (χ0) is 14.3. The number of fused-ring (bicyclic) bond motifs is 1. The van der Waals surface area contributed by atoms with Crippen LogP contribution in [-0.2, 0) is 11.3 Å². The van der Waals surface area contributed by atoms with Crippen molar-refractivity contribution in [3.8, 4) is 0 Å². The SMILES string of the molecule is NC(=O)[C@@H]1C[C@@H](F)CN1Cc1cnc2ccc(Cl)cn12. The number of hydrogen-bond acceptors (Lipinski definition) is 3. The monoisotopic (exact) mass is 296 g/mol. The van der Waals surface area contributed by atoms with Gasteiger partial charge in [0.1, 0.15) is 11.8 Å². The molecule has 3 rings (SSSR count). The first-order valence-corrected chi connectivity index (χ1v) is 6.71. The number of halogens is 2. The smallest absolute Gasteiger partial charge is 0.234 e. The van der Waals surface area contributed by atoms with Crippen LogP contribution in [0.2, 0.25) is 5.02 Å². The fraction of sp³-hybridized carbons (Fsp3) is 0.385. The van der Waals surface area contributed by atoms with E-state index in [0.717, 1.165) is 11.3 Å². The summed E-state index contributed by atoms with van der Waals surface area (Å²) in [6.45, 7) is 0.622. The van der Waals surface area contributed by atoms with Gasteiger partial charge >= 0.3 is 0 Å². The molecule has 2 aromatic rings. The molecule has 0 aromatic carbocycles. The largest absolute Gasteiger partial charge is 0.368 e. The van der Waals surface area contributed by atoms with E-state index in [-0.39, 0.29) is 13.0 Å². The van der Waals surface area contributed by atoms with Crippen molar-refractivity contribution in [1.29, 1.82) is 0 Å². The molecule has 2 aromatic heterocycles. The number of imidazole rings is 1. The molecule has 1 amide bonds. The highest BCUT2D eigenvalue weighted by molar-refractivity contribution is 6.30. The van der Waals surface area contributed by atoms with E-state index >= 15 is 0 Å². The Hall–Kier alpha value is -1.66. The van der Waals surface area contributed by atoms with Gasteiger partial charge in [-0.3, -0.25) is 9.69 Å². The molecule has 0 unspecified atom stereocenters. The van der Waals surface area contributed by atoms with Crippen LogP contribution >= 0.6 is 11.6 Å². The number of alkyl halides is 1. The molecule has 0 bridgehead atoms. The van der Waals surface area contributed by atoms with Gasteiger partial charge in [-0.15, -0.1) is 0 Å². The normalized spacial score (nSPS) is 23.5. The van der Waals surface area contributed by atoms with E-state index in [2.05, 4.69) is 4.98 Å². The van der Waals surface area contributed by atoms with Gasteiger partial charge in [-0.2, -0.15) is 0 Å². The number of primary amides is 1. The van der Waals surface area contributed by atoms with Gasteiger partial charge in [0.15, 0.2) is 0 Å². The van der Waals surface area contributed by atoms with Crippen LogP contribution in [0.5, 0.6) is 0 Å². The molecule has 2 atom stereocenters. The first kappa shape index (κ1) is 13.3. The van der Waals surface area contributed by atoms with Gasteiger partial charge in [-0.1, -0.05) is 11.6 Å². The topological polar surface area (TPSA) is 63.6 Å². The molecule has 106 valence electrons. The van der Waals surface area contributed by atoms with E-state index in [4.69, 9.17) is 17.3 Å². The number of rotatable bonds is 3. The van der Waals surface area contributed by atoms with Crippen molar-refractivity contribution in [2.24, 2.45) is 5.73 Å². The molecule has 7 heteroatoms. The minimum Gasteiger partial charge on any atom is -0.368 e. The van der Waals surface area contributed by atoms with Crippen molar-refractivity contribution < 1.29 is 9.18 Å². The fourth-order valence-electron chi connectivity index (χ4n) is 2.65. The summed E-state index contributed by atoms with van der Waals surface area (Å²) >= 11 is 5.97. The number of carbonyl (C=O) groups is 1. The van der Waals surface area contributed by atoms with Crippen molar-refractivity contribution in [3.63, 3.8) is 0 Å². The minimum atomic E-state index is -1.02. The second-order valence-corrected chi connectivity index (χ2v) is 5.44. The maximum absolute atomic E-state index is 13.5. The highest BCUT2D eigenvalue weighted by Crippen LogP contribution is 2.23. The molecule has 2 N–H and O–H groups in total. The predicted molar refractivity (Wildman–Crippen MR) is 73.1 cm³/mol. The van der Waals surface area contributed by atoms with Crippen LogP contribution in [0.15, 0.2) is 24.5 Å². The molecule has 1 saturated heterocycles. The van der Waals surface area contributed by atoms with Crippen LogP contribution < -0.4 is 5.73 Å². The molecule has 5 nitrogen and oxygen atoms in total. The number of carbonyl (C=O) groups excluding carboxylic acids is 1. The lowest BCUT2D eigenvalue weighted by Gasteiger charge is -2.20. The van der Waals surface area contributed by atoms with E-state index in [1.807, 2.05) is 4.40 Å². The molecule has 0 radical (unpaired) electrons. The number of amides is 1. The molecule has 0 aliphatic carbocycles. The maximum atomic E-state index is 13.5. The fourth-order valence-corrected chi connectivity index (χ4v) is 2.81. The van der Waals surface area contributed by atoms with Crippen molar-refractivity contribution in [1.82, 2.24) is 14.3 Å². The molecule has 20 heavy (non-hydrogen) atoms. The van der Waals surface area contributed by atoms with Crippen molar-refractivity contribution in [2.75, 3.05) is 6.54 Å². The molecule has 0 saturated carbocycles. The van der Waals surface area contributed by atoms with Gasteiger partial charge in [0.25, 0.3) is 0 Å². The molecule has 0 spiro atoms. The summed E-state index contributed by atoms with van der Waals surface area (Å²) in [5.74, 6) is -0.489. The minimum absolute atomic E-state index is 0.160. The lowest BCUT2D eigenvalue weighted by Crippen LogP contribution is -2.39. The molecule has 1 aliphatic rings. The summed E-state index contributed by atoms with van der Waals surface area (Å²) in [5.41, 5.74) is 6.94. The third-order valence-corrected chi connectivity index (χ3v) is 3.82. The Morgan fingerprint density at radius 1 is 1.55 bits per heavy atom. The van der Waals surface area contributed by atoms with Crippen molar-refractivity contribution in [2.45, 2.75) is 25.2 Å². The summed E-state index contributed by atoms with van der Waals surface area (Å²) in [6.07, 6.45) is 2.60. The van der Waals surface area contributed by atoms with Crippen LogP contribution in [0.4, 0.5) is 4.39 Å². The third kappa shape index (κ3) is 2.36. The molecular weight excluding hydrogens is 283 g/mol. The Morgan fingerprint density at radius 3 is 3.10 bits per heavy atom. The third-order valence-electron chi connectivity index (χ3n) is 3.59. The molecule has 3 heterocycles. The van der Waals surface area contributed by atoms with E-state index < -0.39 is 18.1 Å². The standard InChI is InChI=1S/C13H14ClFN4O/c14-8-1-2-12-17-4-10(19(12)5-8)7-18-6-9(15)3-11(18)13(16)20/h1-2,4-5,9,11H,3,6-7H2,(H2,16,20)/t9-,11+/m1/s1. The predicted octanol–water partition coefficient (Wildman–Crippen LogP) is 1.39. The van der Waals surface area contributed by atoms with Crippen molar-refractivity contribution in [3.05, 3.63) is 35.2 Å². The first-order valence-electron chi connectivity index (χ1n) is 6.33. The van der Waals surface area contributed by atoms with Gasteiger partial charge < -0.3 is 10.1 Å². The number of aromatic nitrogens is 2. The summed E-state index contributed by atoms with van der Waals surface area (Å²) in [6, 6.07) is 3.00. The molecule has 1 fully saturated rings. The Bertz CT molecular complexity index is 659. The summed E-state index contributed by atoms with van der Waals surface area (Å²) in [4.78, 5) is 17.4. The average molecular weight is 297 g/mol. The lowest BCUT2D eigenvalue weighted by atomic mass is 10.2. The van der Waals surface area contributed by atoms with Gasteiger partial charge in [-0.25, -0.2) is 9.37 Å². The Morgan fingerprint density at radius 2 is 2.35 bits per heavy atom. The zero-order valence-corrected chi connectivity index (χ0v) is 11.4. The second-order valence-electron chi connectivity index (χ2n) is 5.01. The van der Waals surface area contributed by atoms with E-state index in [1.54, 1.807) is 29.4 Å². The second kappa shape index (κ2) is 5.03. The Balaban J connectivity index is 1.89. The van der Waals surface area contributed by atoms with Gasteiger partial charge in [0.05, 0.1) is 23.0 Å². The molecular formula is C13H14ClFN4O. The number of hydrogen-bond donors (Lipinski definition) is 1. The van der Waals surface area contributed by atoms with E-state index in [1.165, 1.54) is 0 Å². The maximum Gasteiger partial charge on any atom is 0.234 e. The van der Waals surface area contributed by atoms with Gasteiger partial charge in [0, 0.05) is 25.7 Å². The summed E-state index contributed by atoms with van der Waals surface area (Å²) < 4.78 is 15.3. The summed E-state index contributed by atoms with van der Waals surface area (Å²) in [5, 5.41) is 0.591. The number of likely N-dealkylation sites (tertiary alicyclic amines) is 1. The first-order chi connectivity index (χ1) is 9.54. The Kier molecular flexibility index (Phi) is 3.35. The lowest BCUT2D eigenvalue weighted by molar-refractivity contribution is -0.122. The van der Waals surface area contributed by atoms with E-state index in [0.29, 0.717) is 11.6 Å². The van der Waals surface area contributed by atoms with Crippen LogP contribution in [-0.4, -0.2) is 39.0 Å². The van der Waals surface area contributed by atoms with Gasteiger partial charge in [0.2, 0.25) is 5.91 Å². The molecule has 1 aliphatic heterocycles. The van der Waals surface area contributed by atoms with Crippen LogP contribution in [0.3, 0.4) is 0 Å². The number of nitrogens with two attached hydrogens (primary N) is 1. The van der Waals surface area contributed by atoms with E-state index in [9.17, 15) is 9.18 Å². The highest BCUT2D eigenvalue weighted by atomic mass is 35.5. The van der Waals surface area contributed by atoms with Gasteiger partial charge in [-0.05, 0) is 12.1 Å². The highest BCUT2D eigenvalue weighted by Gasteiger charge is 2.36. The quantitative estimate of drug-likeness (QED) is 0.931. The number of pyridine rings is 1. The van der Waals surface area contributed by atoms with Crippen LogP contribution in [0.25, 0.3) is 5.65 Å². The summed E-state index contributed by atoms with van der Waals surface area (Å²) in [7, 11) is 0. The Labute approximate surface area is 120 Å². The zero-order valence-electron chi connectivity index (χ0n) is 10.7. The number of nitrogens with zero attached hydrogens (tertiary/aromatic N) is 3. The van der Waals surface area contributed by atoms with Crippen molar-refractivity contribution >= 4 is 23.2 Å². The van der Waals surface area contributed by atoms with Crippen LogP contribution in [0.1, 0.15) is 12.1 Å². The van der Waals surface area contributed by atoms with Crippen LogP contribution in [0, 0.1) is 0 Å².